The van der Waals surface area contributed by atoms with Gasteiger partial charge in [-0.3, -0.25) is 9.59 Å². The van der Waals surface area contributed by atoms with Crippen molar-refractivity contribution < 1.29 is 22.7 Å². The van der Waals surface area contributed by atoms with Gasteiger partial charge in [-0.2, -0.15) is 0 Å². The third-order valence-electron chi connectivity index (χ3n) is 5.20. The summed E-state index contributed by atoms with van der Waals surface area (Å²) in [6.07, 6.45) is 4.60. The zero-order valence-electron chi connectivity index (χ0n) is 16.8. The molecule has 0 saturated carbocycles. The van der Waals surface area contributed by atoms with Gasteiger partial charge in [0.25, 0.3) is 5.56 Å². The van der Waals surface area contributed by atoms with Gasteiger partial charge in [0, 0.05) is 48.6 Å². The molecule has 8 nitrogen and oxygen atoms in total. The quantitative estimate of drug-likeness (QED) is 0.593. The van der Waals surface area contributed by atoms with Gasteiger partial charge in [0.1, 0.15) is 5.82 Å². The highest BCUT2D eigenvalue weighted by Gasteiger charge is 2.43. The maximum Gasteiger partial charge on any atom is 0.324 e. The lowest BCUT2D eigenvalue weighted by Gasteiger charge is -2.23. The van der Waals surface area contributed by atoms with Crippen LogP contribution in [0.5, 0.6) is 0 Å². The number of rotatable bonds is 7. The Labute approximate surface area is 178 Å². The van der Waals surface area contributed by atoms with Crippen LogP contribution in [-0.4, -0.2) is 45.0 Å². The monoisotopic (exact) mass is 445 g/mol. The van der Waals surface area contributed by atoms with Crippen molar-refractivity contribution in [2.45, 2.75) is 24.6 Å². The van der Waals surface area contributed by atoms with Crippen molar-refractivity contribution in [3.8, 4) is 22.5 Å². The Balaban J connectivity index is 1.87. The number of aromatic nitrogens is 3. The molecule has 3 aromatic rings. The topological polar surface area (TPSA) is 119 Å². The van der Waals surface area contributed by atoms with E-state index in [9.17, 15) is 27.5 Å². The molecule has 0 saturated heterocycles. The van der Waals surface area contributed by atoms with Gasteiger partial charge in [-0.25, -0.2) is 22.8 Å². The average Bonchev–Trinajstić information content (AvgIpc) is 2.73. The molecule has 10 heteroatoms. The molecule has 1 aromatic carbocycles. The van der Waals surface area contributed by atoms with Crippen LogP contribution in [0.2, 0.25) is 0 Å². The van der Waals surface area contributed by atoms with Crippen LogP contribution in [0, 0.1) is 5.82 Å². The Morgan fingerprint density at radius 2 is 1.74 bits per heavy atom. The molecule has 0 spiro atoms. The molecule has 1 N–H and O–H groups in total. The molecule has 0 fully saturated rings. The van der Waals surface area contributed by atoms with Crippen LogP contribution in [0.3, 0.4) is 0 Å². The van der Waals surface area contributed by atoms with Crippen molar-refractivity contribution in [1.82, 2.24) is 14.5 Å². The molecule has 2 heterocycles. The van der Waals surface area contributed by atoms with E-state index in [1.807, 2.05) is 0 Å². The molecule has 2 aromatic heterocycles. The van der Waals surface area contributed by atoms with Crippen LogP contribution in [-0.2, 0) is 21.2 Å². The fraction of sp³-hybridized carbons (Fsp3) is 0.238. The summed E-state index contributed by atoms with van der Waals surface area (Å²) in [5, 5.41) is 9.32. The van der Waals surface area contributed by atoms with Crippen LogP contribution < -0.4 is 5.56 Å². The first-order valence-corrected chi connectivity index (χ1v) is 11.1. The Morgan fingerprint density at radius 1 is 1.16 bits per heavy atom. The molecule has 162 valence electrons. The summed E-state index contributed by atoms with van der Waals surface area (Å²) in [5.41, 5.74) is 0.693. The minimum Gasteiger partial charge on any atom is -0.480 e. The van der Waals surface area contributed by atoms with Gasteiger partial charge in [0.05, 0.1) is 0 Å². The maximum absolute atomic E-state index is 14.7. The summed E-state index contributed by atoms with van der Waals surface area (Å²) >= 11 is 0. The number of aliphatic carboxylic acids is 1. The molecule has 0 bridgehead atoms. The Kier molecular flexibility index (Phi) is 6.03. The SMILES string of the molecule is C[C@@](CCn1cc(F)c(-c2ccc(-c3ncccn3)cc2)cc1=O)(C(=O)O)S(C)(=O)=O. The van der Waals surface area contributed by atoms with Crippen LogP contribution in [0.4, 0.5) is 4.39 Å². The molecule has 0 aliphatic carbocycles. The molecule has 0 radical (unpaired) electrons. The molecule has 0 aliphatic rings. The number of aryl methyl sites for hydroxylation is 1. The number of benzene rings is 1. The minimum atomic E-state index is -3.95. The van der Waals surface area contributed by atoms with Gasteiger partial charge in [-0.1, -0.05) is 24.3 Å². The van der Waals surface area contributed by atoms with Crippen LogP contribution in [0.15, 0.2) is 59.8 Å². The van der Waals surface area contributed by atoms with E-state index in [0.717, 1.165) is 35.6 Å². The highest BCUT2D eigenvalue weighted by molar-refractivity contribution is 7.92. The Hall–Kier alpha value is -3.40. The second-order valence-corrected chi connectivity index (χ2v) is 9.72. The molecule has 0 aliphatic heterocycles. The van der Waals surface area contributed by atoms with Gasteiger partial charge < -0.3 is 9.67 Å². The molecule has 0 amide bonds. The predicted molar refractivity (Wildman–Crippen MR) is 113 cm³/mol. The number of hydrogen-bond acceptors (Lipinski definition) is 6. The summed E-state index contributed by atoms with van der Waals surface area (Å²) in [5.74, 6) is -1.71. The molecular weight excluding hydrogens is 425 g/mol. The van der Waals surface area contributed by atoms with E-state index in [0.29, 0.717) is 11.4 Å². The van der Waals surface area contributed by atoms with Crippen molar-refractivity contribution in [1.29, 1.82) is 0 Å². The highest BCUT2D eigenvalue weighted by atomic mass is 32.2. The standard InChI is InChI=1S/C21H20FN3O5S/c1-21(20(27)28,31(2,29)30)8-11-25-13-17(22)16(12-18(25)26)14-4-6-15(7-5-14)19-23-9-3-10-24-19/h3-7,9-10,12-13H,8,11H2,1-2H3,(H,27,28)/t21-/m1/s1. The van der Waals surface area contributed by atoms with E-state index in [-0.39, 0.29) is 18.5 Å². The number of sulfone groups is 1. The first-order chi connectivity index (χ1) is 14.5. The lowest BCUT2D eigenvalue weighted by atomic mass is 10.0. The number of carboxylic acid groups (broad SMARTS) is 1. The largest absolute Gasteiger partial charge is 0.480 e. The summed E-state index contributed by atoms with van der Waals surface area (Å²) in [6.45, 7) is 0.800. The van der Waals surface area contributed by atoms with Crippen LogP contribution >= 0.6 is 0 Å². The predicted octanol–water partition coefficient (Wildman–Crippen LogP) is 2.39. The summed E-state index contributed by atoms with van der Waals surface area (Å²) in [7, 11) is -3.95. The van der Waals surface area contributed by atoms with Gasteiger partial charge in [0.2, 0.25) is 0 Å². The Morgan fingerprint density at radius 3 is 2.29 bits per heavy atom. The zero-order valence-corrected chi connectivity index (χ0v) is 17.6. The second kappa shape index (κ2) is 8.38. The molecule has 31 heavy (non-hydrogen) atoms. The highest BCUT2D eigenvalue weighted by Crippen LogP contribution is 2.25. The van der Waals surface area contributed by atoms with Crippen molar-refractivity contribution in [3.05, 3.63) is 71.2 Å². The first-order valence-electron chi connectivity index (χ1n) is 9.24. The number of halogens is 1. The van der Waals surface area contributed by atoms with Gasteiger partial charge in [-0.05, 0) is 25.0 Å². The molecule has 0 unspecified atom stereocenters. The van der Waals surface area contributed by atoms with E-state index in [1.54, 1.807) is 42.7 Å². The Bertz CT molecular complexity index is 1270. The fourth-order valence-corrected chi connectivity index (χ4v) is 3.75. The van der Waals surface area contributed by atoms with E-state index < -0.39 is 31.9 Å². The summed E-state index contributed by atoms with van der Waals surface area (Å²) in [6, 6.07) is 9.48. The molecule has 1 atom stereocenters. The van der Waals surface area contributed by atoms with Crippen molar-refractivity contribution in [3.63, 3.8) is 0 Å². The van der Waals surface area contributed by atoms with Gasteiger partial charge in [0.15, 0.2) is 20.4 Å². The van der Waals surface area contributed by atoms with Gasteiger partial charge in [-0.15, -0.1) is 0 Å². The van der Waals surface area contributed by atoms with Crippen molar-refractivity contribution in [2.75, 3.05) is 6.26 Å². The number of carboxylic acids is 1. The zero-order chi connectivity index (χ0) is 22.8. The number of hydrogen-bond donors (Lipinski definition) is 1. The third kappa shape index (κ3) is 4.53. The molecule has 3 rings (SSSR count). The van der Waals surface area contributed by atoms with Crippen molar-refractivity contribution in [2.24, 2.45) is 0 Å². The van der Waals surface area contributed by atoms with E-state index >= 15 is 0 Å². The normalized spacial score (nSPS) is 13.5. The first kappa shape index (κ1) is 22.3. The van der Waals surface area contributed by atoms with Crippen molar-refractivity contribution >= 4 is 15.8 Å². The van der Waals surface area contributed by atoms with E-state index in [4.69, 9.17) is 0 Å². The third-order valence-corrected chi connectivity index (χ3v) is 7.21. The molecular formula is C21H20FN3O5S. The lowest BCUT2D eigenvalue weighted by molar-refractivity contribution is -0.139. The smallest absolute Gasteiger partial charge is 0.324 e. The maximum atomic E-state index is 14.7. The van der Waals surface area contributed by atoms with Crippen LogP contribution in [0.1, 0.15) is 13.3 Å². The van der Waals surface area contributed by atoms with E-state index in [2.05, 4.69) is 9.97 Å². The lowest BCUT2D eigenvalue weighted by Crippen LogP contribution is -2.44. The average molecular weight is 445 g/mol. The number of pyridine rings is 1. The minimum absolute atomic E-state index is 0.0749. The van der Waals surface area contributed by atoms with E-state index in [1.165, 1.54) is 0 Å². The summed E-state index contributed by atoms with van der Waals surface area (Å²) < 4.78 is 37.4. The van der Waals surface area contributed by atoms with Crippen LogP contribution in [0.25, 0.3) is 22.5 Å². The number of carbonyl (C=O) groups is 1. The second-order valence-electron chi connectivity index (χ2n) is 7.27. The summed E-state index contributed by atoms with van der Waals surface area (Å²) in [4.78, 5) is 32.2. The fourth-order valence-electron chi connectivity index (χ4n) is 2.97. The van der Waals surface area contributed by atoms with Gasteiger partial charge >= 0.3 is 5.97 Å². The number of nitrogens with zero attached hydrogens (tertiary/aromatic N) is 3.